The molecule has 2 aromatic rings. The lowest BCUT2D eigenvalue weighted by Gasteiger charge is -2.28. The molecule has 7 nitrogen and oxygen atoms in total. The van der Waals surface area contributed by atoms with Gasteiger partial charge in [0.1, 0.15) is 11.6 Å². The van der Waals surface area contributed by atoms with Crippen LogP contribution in [0.2, 0.25) is 0 Å². The molecule has 2 aromatic heterocycles. The first kappa shape index (κ1) is 13.7. The summed E-state index contributed by atoms with van der Waals surface area (Å²) in [5.41, 5.74) is 0. The number of urea groups is 1. The summed E-state index contributed by atoms with van der Waals surface area (Å²) in [6, 6.07) is 1.53. The SMILES string of the molecule is Cc1cc(NC(=O)N(C)CC2CCc3nccn3C2)no1. The number of anilines is 1. The van der Waals surface area contributed by atoms with Gasteiger partial charge in [0.2, 0.25) is 0 Å². The van der Waals surface area contributed by atoms with E-state index >= 15 is 0 Å². The standard InChI is InChI=1S/C14H19N5O2/c1-10-7-12(17-21-10)16-14(20)18(2)8-11-3-4-13-15-5-6-19(13)9-11/h5-7,11H,3-4,8-9H2,1-2H3,(H,16,17,20). The lowest BCUT2D eigenvalue weighted by atomic mass is 9.99. The van der Waals surface area contributed by atoms with Crippen molar-refractivity contribution >= 4 is 11.8 Å². The third kappa shape index (κ3) is 3.07. The van der Waals surface area contributed by atoms with E-state index in [2.05, 4.69) is 20.0 Å². The first-order chi connectivity index (χ1) is 10.1. The molecule has 3 rings (SSSR count). The number of carbonyl (C=O) groups excluding carboxylic acids is 1. The number of hydrogen-bond donors (Lipinski definition) is 1. The maximum Gasteiger partial charge on any atom is 0.322 e. The van der Waals surface area contributed by atoms with Crippen molar-refractivity contribution < 1.29 is 9.32 Å². The molecular formula is C14H19N5O2. The highest BCUT2D eigenvalue weighted by atomic mass is 16.5. The Morgan fingerprint density at radius 2 is 2.48 bits per heavy atom. The van der Waals surface area contributed by atoms with Crippen LogP contribution in [-0.2, 0) is 13.0 Å². The third-order valence-electron chi connectivity index (χ3n) is 3.77. The van der Waals surface area contributed by atoms with E-state index in [0.29, 0.717) is 24.0 Å². The second-order valence-electron chi connectivity index (χ2n) is 5.53. The Morgan fingerprint density at radius 1 is 1.62 bits per heavy atom. The van der Waals surface area contributed by atoms with Crippen molar-refractivity contribution in [3.8, 4) is 0 Å². The largest absolute Gasteiger partial charge is 0.360 e. The van der Waals surface area contributed by atoms with Crippen LogP contribution in [0, 0.1) is 12.8 Å². The number of rotatable bonds is 3. The topological polar surface area (TPSA) is 76.2 Å². The van der Waals surface area contributed by atoms with Gasteiger partial charge in [-0.05, 0) is 19.3 Å². The summed E-state index contributed by atoms with van der Waals surface area (Å²) in [4.78, 5) is 18.1. The van der Waals surface area contributed by atoms with E-state index in [9.17, 15) is 4.79 Å². The average molecular weight is 289 g/mol. The lowest BCUT2D eigenvalue weighted by molar-refractivity contribution is 0.205. The van der Waals surface area contributed by atoms with E-state index in [0.717, 1.165) is 25.2 Å². The quantitative estimate of drug-likeness (QED) is 0.936. The van der Waals surface area contributed by atoms with E-state index in [1.54, 1.807) is 24.9 Å². The summed E-state index contributed by atoms with van der Waals surface area (Å²) in [6.07, 6.45) is 5.86. The van der Waals surface area contributed by atoms with Crippen LogP contribution >= 0.6 is 0 Å². The Balaban J connectivity index is 1.54. The fourth-order valence-electron chi connectivity index (χ4n) is 2.69. The van der Waals surface area contributed by atoms with E-state index in [1.165, 1.54) is 0 Å². The number of nitrogens with one attached hydrogen (secondary N) is 1. The van der Waals surface area contributed by atoms with Crippen LogP contribution in [0.3, 0.4) is 0 Å². The summed E-state index contributed by atoms with van der Waals surface area (Å²) in [6.45, 7) is 3.41. The van der Waals surface area contributed by atoms with E-state index < -0.39 is 0 Å². The molecule has 0 saturated heterocycles. The van der Waals surface area contributed by atoms with Crippen molar-refractivity contribution in [3.63, 3.8) is 0 Å². The molecule has 1 N–H and O–H groups in total. The van der Waals surface area contributed by atoms with Gasteiger partial charge in [0, 0.05) is 45.0 Å². The van der Waals surface area contributed by atoms with Crippen LogP contribution in [0.5, 0.6) is 0 Å². The minimum atomic E-state index is -0.167. The van der Waals surface area contributed by atoms with Gasteiger partial charge in [-0.1, -0.05) is 5.16 Å². The van der Waals surface area contributed by atoms with Crippen molar-refractivity contribution in [1.29, 1.82) is 0 Å². The Labute approximate surface area is 122 Å². The van der Waals surface area contributed by atoms with Gasteiger partial charge in [0.05, 0.1) is 0 Å². The predicted molar refractivity (Wildman–Crippen MR) is 76.9 cm³/mol. The molecule has 2 amide bonds. The fourth-order valence-corrected chi connectivity index (χ4v) is 2.69. The molecule has 0 saturated carbocycles. The Hall–Kier alpha value is -2.31. The third-order valence-corrected chi connectivity index (χ3v) is 3.77. The summed E-state index contributed by atoms with van der Waals surface area (Å²) < 4.78 is 7.10. The molecule has 0 fully saturated rings. The number of carbonyl (C=O) groups is 1. The molecule has 3 heterocycles. The highest BCUT2D eigenvalue weighted by Crippen LogP contribution is 2.19. The minimum Gasteiger partial charge on any atom is -0.360 e. The molecule has 7 heteroatoms. The first-order valence-corrected chi connectivity index (χ1v) is 7.07. The zero-order valence-corrected chi connectivity index (χ0v) is 12.2. The number of aromatic nitrogens is 3. The van der Waals surface area contributed by atoms with Crippen LogP contribution in [0.15, 0.2) is 23.0 Å². The zero-order chi connectivity index (χ0) is 14.8. The maximum absolute atomic E-state index is 12.1. The van der Waals surface area contributed by atoms with Crippen molar-refractivity contribution in [2.75, 3.05) is 18.9 Å². The smallest absolute Gasteiger partial charge is 0.322 e. The molecule has 1 aliphatic rings. The molecule has 1 unspecified atom stereocenters. The monoisotopic (exact) mass is 289 g/mol. The van der Waals surface area contributed by atoms with Gasteiger partial charge in [-0.3, -0.25) is 5.32 Å². The molecule has 0 aromatic carbocycles. The van der Waals surface area contributed by atoms with Gasteiger partial charge < -0.3 is 14.0 Å². The van der Waals surface area contributed by atoms with Crippen LogP contribution in [0.25, 0.3) is 0 Å². The normalized spacial score (nSPS) is 17.3. The Bertz CT molecular complexity index is 633. The lowest BCUT2D eigenvalue weighted by Crippen LogP contribution is -2.37. The first-order valence-electron chi connectivity index (χ1n) is 7.07. The molecule has 0 aliphatic carbocycles. The number of aryl methyl sites for hydroxylation is 2. The summed E-state index contributed by atoms with van der Waals surface area (Å²) in [5, 5.41) is 6.49. The number of nitrogens with zero attached hydrogens (tertiary/aromatic N) is 4. The molecule has 21 heavy (non-hydrogen) atoms. The van der Waals surface area contributed by atoms with Gasteiger partial charge in [-0.25, -0.2) is 9.78 Å². The van der Waals surface area contributed by atoms with Crippen molar-refractivity contribution in [3.05, 3.63) is 30.0 Å². The van der Waals surface area contributed by atoms with Crippen LogP contribution in [0.4, 0.5) is 10.6 Å². The van der Waals surface area contributed by atoms with E-state index in [-0.39, 0.29) is 6.03 Å². The van der Waals surface area contributed by atoms with Crippen molar-refractivity contribution in [2.24, 2.45) is 5.92 Å². The summed E-state index contributed by atoms with van der Waals surface area (Å²) in [7, 11) is 1.80. The van der Waals surface area contributed by atoms with Gasteiger partial charge in [-0.2, -0.15) is 0 Å². The van der Waals surface area contributed by atoms with E-state index in [4.69, 9.17) is 4.52 Å². The number of imidazole rings is 1. The minimum absolute atomic E-state index is 0.167. The molecule has 112 valence electrons. The maximum atomic E-state index is 12.1. The number of amides is 2. The molecular weight excluding hydrogens is 270 g/mol. The van der Waals surface area contributed by atoms with Gasteiger partial charge in [0.25, 0.3) is 0 Å². The molecule has 0 bridgehead atoms. The molecule has 0 spiro atoms. The molecule has 1 aliphatic heterocycles. The van der Waals surface area contributed by atoms with Crippen molar-refractivity contribution in [2.45, 2.75) is 26.3 Å². The van der Waals surface area contributed by atoms with E-state index in [1.807, 2.05) is 12.4 Å². The number of fused-ring (bicyclic) bond motifs is 1. The number of hydrogen-bond acceptors (Lipinski definition) is 4. The Morgan fingerprint density at radius 3 is 3.24 bits per heavy atom. The zero-order valence-electron chi connectivity index (χ0n) is 12.2. The van der Waals surface area contributed by atoms with Crippen LogP contribution < -0.4 is 5.32 Å². The van der Waals surface area contributed by atoms with Crippen LogP contribution in [0.1, 0.15) is 18.0 Å². The fraction of sp³-hybridized carbons (Fsp3) is 0.500. The van der Waals surface area contributed by atoms with Gasteiger partial charge in [-0.15, -0.1) is 0 Å². The Kier molecular flexibility index (Phi) is 3.64. The molecule has 0 radical (unpaired) electrons. The van der Waals surface area contributed by atoms with Crippen molar-refractivity contribution in [1.82, 2.24) is 19.6 Å². The van der Waals surface area contributed by atoms with Gasteiger partial charge in [0.15, 0.2) is 5.82 Å². The summed E-state index contributed by atoms with van der Waals surface area (Å²) in [5.74, 6) is 2.70. The second kappa shape index (κ2) is 5.59. The highest BCUT2D eigenvalue weighted by Gasteiger charge is 2.22. The average Bonchev–Trinajstić information content (AvgIpc) is 3.07. The highest BCUT2D eigenvalue weighted by molar-refractivity contribution is 5.88. The molecule has 1 atom stereocenters. The predicted octanol–water partition coefficient (Wildman–Crippen LogP) is 1.91. The van der Waals surface area contributed by atoms with Crippen LogP contribution in [-0.4, -0.2) is 39.2 Å². The second-order valence-corrected chi connectivity index (χ2v) is 5.53. The van der Waals surface area contributed by atoms with Gasteiger partial charge >= 0.3 is 6.03 Å². The summed E-state index contributed by atoms with van der Waals surface area (Å²) >= 11 is 0.